The molecule has 17 heavy (non-hydrogen) atoms. The second-order valence-electron chi connectivity index (χ2n) is 4.63. The molecule has 0 saturated carbocycles. The van der Waals surface area contributed by atoms with E-state index in [9.17, 15) is 0 Å². The molecule has 0 radical (unpaired) electrons. The molecule has 0 aliphatic carbocycles. The summed E-state index contributed by atoms with van der Waals surface area (Å²) in [6.45, 7) is 5.44. The van der Waals surface area contributed by atoms with Gasteiger partial charge in [-0.2, -0.15) is 0 Å². The Labute approximate surface area is 115 Å². The van der Waals surface area contributed by atoms with Crippen LogP contribution in [0.4, 0.5) is 0 Å². The highest BCUT2D eigenvalue weighted by molar-refractivity contribution is 9.10. The molecular weight excluding hydrogens is 300 g/mol. The number of rotatable bonds is 4. The minimum Gasteiger partial charge on any atom is -0.327 e. The van der Waals surface area contributed by atoms with Crippen molar-refractivity contribution >= 4 is 38.6 Å². The van der Waals surface area contributed by atoms with Crippen LogP contribution >= 0.6 is 27.5 Å². The van der Waals surface area contributed by atoms with E-state index in [1.807, 2.05) is 12.1 Å². The lowest BCUT2D eigenvalue weighted by Gasteiger charge is -2.09. The lowest BCUT2D eigenvalue weighted by Crippen LogP contribution is -2.05. The number of hydrogen-bond donors (Lipinski definition) is 0. The average Bonchev–Trinajstić information content (AvgIpc) is 2.63. The molecule has 1 aromatic heterocycles. The molecular formula is C13H16BrClN2. The van der Waals surface area contributed by atoms with E-state index in [1.165, 1.54) is 0 Å². The molecule has 0 fully saturated rings. The predicted octanol–water partition coefficient (Wildman–Crippen LogP) is 4.58. The summed E-state index contributed by atoms with van der Waals surface area (Å²) in [5, 5.41) is 0. The van der Waals surface area contributed by atoms with E-state index in [1.54, 1.807) is 0 Å². The van der Waals surface area contributed by atoms with Crippen LogP contribution in [-0.2, 0) is 12.4 Å². The van der Waals surface area contributed by atoms with E-state index in [-0.39, 0.29) is 0 Å². The van der Waals surface area contributed by atoms with Gasteiger partial charge in [-0.25, -0.2) is 4.98 Å². The molecule has 0 atom stereocenters. The van der Waals surface area contributed by atoms with Gasteiger partial charge in [0.2, 0.25) is 0 Å². The van der Waals surface area contributed by atoms with E-state index < -0.39 is 0 Å². The minimum absolute atomic E-state index is 0.463. The Bertz CT molecular complexity index is 519. The summed E-state index contributed by atoms with van der Waals surface area (Å²) in [5.41, 5.74) is 2.18. The van der Waals surface area contributed by atoms with Gasteiger partial charge in [-0.3, -0.25) is 0 Å². The molecule has 2 aromatic rings. The molecule has 1 aromatic carbocycles. The Morgan fingerprint density at radius 3 is 2.82 bits per heavy atom. The molecule has 2 nitrogen and oxygen atoms in total. The van der Waals surface area contributed by atoms with Crippen LogP contribution in [0.25, 0.3) is 11.0 Å². The first-order chi connectivity index (χ1) is 8.11. The second-order valence-corrected chi connectivity index (χ2v) is 5.81. The highest BCUT2D eigenvalue weighted by Crippen LogP contribution is 2.22. The van der Waals surface area contributed by atoms with Gasteiger partial charge in [0, 0.05) is 11.0 Å². The topological polar surface area (TPSA) is 17.8 Å². The second kappa shape index (κ2) is 5.40. The van der Waals surface area contributed by atoms with E-state index in [0.29, 0.717) is 11.8 Å². The smallest absolute Gasteiger partial charge is 0.124 e. The monoisotopic (exact) mass is 314 g/mol. The third-order valence-corrected chi connectivity index (χ3v) is 3.57. The number of fused-ring (bicyclic) bond motifs is 1. The lowest BCUT2D eigenvalue weighted by molar-refractivity contribution is 0.516. The fourth-order valence-corrected chi connectivity index (χ4v) is 2.44. The molecule has 4 heteroatoms. The van der Waals surface area contributed by atoms with Gasteiger partial charge >= 0.3 is 0 Å². The standard InChI is InChI=1S/C13H16BrClN2/c1-9(2)5-6-17-12-7-10(14)3-4-11(12)16-13(17)8-15/h3-4,7,9H,5-6,8H2,1-2H3. The molecule has 0 aliphatic heterocycles. The Morgan fingerprint density at radius 1 is 1.41 bits per heavy atom. The van der Waals surface area contributed by atoms with Crippen LogP contribution in [-0.4, -0.2) is 9.55 Å². The van der Waals surface area contributed by atoms with Gasteiger partial charge < -0.3 is 4.57 Å². The summed E-state index contributed by atoms with van der Waals surface area (Å²) in [6, 6.07) is 6.15. The fraction of sp³-hybridized carbons (Fsp3) is 0.462. The zero-order chi connectivity index (χ0) is 12.4. The highest BCUT2D eigenvalue weighted by atomic mass is 79.9. The van der Waals surface area contributed by atoms with E-state index in [2.05, 4.69) is 45.4 Å². The maximum absolute atomic E-state index is 5.96. The van der Waals surface area contributed by atoms with E-state index in [4.69, 9.17) is 11.6 Å². The molecule has 0 N–H and O–H groups in total. The Hall–Kier alpha value is -0.540. The van der Waals surface area contributed by atoms with Gasteiger partial charge in [0.1, 0.15) is 5.82 Å². The van der Waals surface area contributed by atoms with Crippen molar-refractivity contribution in [2.45, 2.75) is 32.7 Å². The first-order valence-corrected chi connectivity index (χ1v) is 7.15. The van der Waals surface area contributed by atoms with Crippen LogP contribution in [0.3, 0.4) is 0 Å². The van der Waals surface area contributed by atoms with Gasteiger partial charge in [0.05, 0.1) is 16.9 Å². The van der Waals surface area contributed by atoms with Crippen LogP contribution in [0.5, 0.6) is 0 Å². The van der Waals surface area contributed by atoms with Crippen LogP contribution in [0.2, 0.25) is 0 Å². The van der Waals surface area contributed by atoms with Gasteiger partial charge in [-0.1, -0.05) is 29.8 Å². The summed E-state index contributed by atoms with van der Waals surface area (Å²) in [5.74, 6) is 2.10. The van der Waals surface area contributed by atoms with Crippen molar-refractivity contribution in [2.75, 3.05) is 0 Å². The molecule has 92 valence electrons. The van der Waals surface area contributed by atoms with Crippen LogP contribution < -0.4 is 0 Å². The third kappa shape index (κ3) is 2.83. The van der Waals surface area contributed by atoms with Crippen molar-refractivity contribution in [2.24, 2.45) is 5.92 Å². The first kappa shape index (κ1) is 12.9. The summed E-state index contributed by atoms with van der Waals surface area (Å²) in [7, 11) is 0. The van der Waals surface area contributed by atoms with Crippen molar-refractivity contribution < 1.29 is 0 Å². The van der Waals surface area contributed by atoms with E-state index >= 15 is 0 Å². The van der Waals surface area contributed by atoms with Gasteiger partial charge in [0.15, 0.2) is 0 Å². The molecule has 0 bridgehead atoms. The zero-order valence-corrected chi connectivity index (χ0v) is 12.4. The Kier molecular flexibility index (Phi) is 4.10. The summed E-state index contributed by atoms with van der Waals surface area (Å²) >= 11 is 9.47. The highest BCUT2D eigenvalue weighted by Gasteiger charge is 2.10. The maximum atomic E-state index is 5.96. The number of nitrogens with zero attached hydrogens (tertiary/aromatic N) is 2. The fourth-order valence-electron chi connectivity index (χ4n) is 1.88. The SMILES string of the molecule is CC(C)CCn1c(CCl)nc2ccc(Br)cc21. The molecule has 2 rings (SSSR count). The van der Waals surface area contributed by atoms with E-state index in [0.717, 1.165) is 34.3 Å². The number of hydrogen-bond acceptors (Lipinski definition) is 1. The van der Waals surface area contributed by atoms with Crippen molar-refractivity contribution in [3.05, 3.63) is 28.5 Å². The van der Waals surface area contributed by atoms with Crippen LogP contribution in [0.1, 0.15) is 26.1 Å². The van der Waals surface area contributed by atoms with Crippen LogP contribution in [0.15, 0.2) is 22.7 Å². The molecule has 0 spiro atoms. The van der Waals surface area contributed by atoms with Crippen molar-refractivity contribution in [3.63, 3.8) is 0 Å². The van der Waals surface area contributed by atoms with Gasteiger partial charge in [0.25, 0.3) is 0 Å². The third-order valence-electron chi connectivity index (χ3n) is 2.84. The largest absolute Gasteiger partial charge is 0.327 e. The summed E-state index contributed by atoms with van der Waals surface area (Å²) in [4.78, 5) is 4.56. The minimum atomic E-state index is 0.463. The van der Waals surface area contributed by atoms with Crippen molar-refractivity contribution in [1.29, 1.82) is 0 Å². The molecule has 1 heterocycles. The van der Waals surface area contributed by atoms with Crippen LogP contribution in [0, 0.1) is 5.92 Å². The van der Waals surface area contributed by atoms with Gasteiger partial charge in [-0.15, -0.1) is 11.6 Å². The summed E-state index contributed by atoms with van der Waals surface area (Å²) in [6.07, 6.45) is 1.14. The van der Waals surface area contributed by atoms with Crippen molar-refractivity contribution in [1.82, 2.24) is 9.55 Å². The first-order valence-electron chi connectivity index (χ1n) is 5.82. The molecule has 0 aliphatic rings. The quantitative estimate of drug-likeness (QED) is 0.755. The number of alkyl halides is 1. The molecule has 0 unspecified atom stereocenters. The lowest BCUT2D eigenvalue weighted by atomic mass is 10.1. The number of halogens is 2. The Morgan fingerprint density at radius 2 is 2.18 bits per heavy atom. The zero-order valence-electron chi connectivity index (χ0n) is 10.1. The van der Waals surface area contributed by atoms with Gasteiger partial charge in [-0.05, 0) is 30.5 Å². The molecule has 0 amide bonds. The molecule has 0 saturated heterocycles. The summed E-state index contributed by atoms with van der Waals surface area (Å²) < 4.78 is 3.31. The van der Waals surface area contributed by atoms with Crippen molar-refractivity contribution in [3.8, 4) is 0 Å². The number of benzene rings is 1. The Balaban J connectivity index is 2.45. The maximum Gasteiger partial charge on any atom is 0.124 e. The number of aromatic nitrogens is 2. The normalized spacial score (nSPS) is 11.6. The predicted molar refractivity (Wildman–Crippen MR) is 76.4 cm³/mol. The number of imidazole rings is 1. The average molecular weight is 316 g/mol. The number of aryl methyl sites for hydroxylation is 1.